The molecule has 1 saturated carbocycles. The Labute approximate surface area is 117 Å². The third-order valence-electron chi connectivity index (χ3n) is 2.98. The summed E-state index contributed by atoms with van der Waals surface area (Å²) in [4.78, 5) is 3.99. The molecule has 1 heterocycles. The molecule has 0 spiro atoms. The van der Waals surface area contributed by atoms with Crippen molar-refractivity contribution >= 4 is 33.0 Å². The zero-order valence-corrected chi connectivity index (χ0v) is 13.1. The predicted molar refractivity (Wildman–Crippen MR) is 73.6 cm³/mol. The van der Waals surface area contributed by atoms with Gasteiger partial charge in [0.1, 0.15) is 0 Å². The van der Waals surface area contributed by atoms with Gasteiger partial charge < -0.3 is 0 Å². The van der Waals surface area contributed by atoms with Crippen LogP contribution < -0.4 is 0 Å². The number of thiazole rings is 1. The van der Waals surface area contributed by atoms with E-state index in [2.05, 4.69) is 4.98 Å². The molecule has 1 aliphatic rings. The molecule has 0 saturated heterocycles. The molecule has 0 radical (unpaired) electrons. The third-order valence-corrected chi connectivity index (χ3v) is 6.87. The largest absolute Gasteiger partial charge is 0.254 e. The number of nitrogens with zero attached hydrogens (tertiary/aromatic N) is 2. The topological polar surface area (TPSA) is 50.3 Å². The van der Waals surface area contributed by atoms with Gasteiger partial charge in [0.15, 0.2) is 8.68 Å². The van der Waals surface area contributed by atoms with Crippen LogP contribution in [-0.4, -0.2) is 30.3 Å². The van der Waals surface area contributed by atoms with E-state index in [-0.39, 0.29) is 14.7 Å². The highest BCUT2D eigenvalue weighted by Gasteiger charge is 2.35. The van der Waals surface area contributed by atoms with Crippen LogP contribution in [0.4, 0.5) is 0 Å². The predicted octanol–water partition coefficient (Wildman–Crippen LogP) is 2.91. The van der Waals surface area contributed by atoms with E-state index in [1.807, 2.05) is 13.8 Å². The average Bonchev–Trinajstić information content (AvgIpc) is 2.99. The number of sulfonamides is 1. The molecule has 4 nitrogen and oxygen atoms in total. The van der Waals surface area contributed by atoms with Crippen molar-refractivity contribution < 1.29 is 8.42 Å². The lowest BCUT2D eigenvalue weighted by Gasteiger charge is -2.25. The first-order chi connectivity index (χ1) is 8.32. The molecule has 0 bridgehead atoms. The van der Waals surface area contributed by atoms with Crippen LogP contribution in [0.2, 0.25) is 4.47 Å². The summed E-state index contributed by atoms with van der Waals surface area (Å²) < 4.78 is 27.3. The van der Waals surface area contributed by atoms with Gasteiger partial charge in [-0.1, -0.05) is 22.9 Å². The van der Waals surface area contributed by atoms with Crippen molar-refractivity contribution in [1.29, 1.82) is 0 Å². The van der Waals surface area contributed by atoms with Gasteiger partial charge in [-0.25, -0.2) is 13.4 Å². The maximum absolute atomic E-state index is 12.6. The van der Waals surface area contributed by atoms with Crippen LogP contribution in [-0.2, 0) is 10.0 Å². The second kappa shape index (κ2) is 5.07. The van der Waals surface area contributed by atoms with Crippen LogP contribution >= 0.6 is 22.9 Å². The number of hydrogen-bond donors (Lipinski definition) is 0. The molecule has 0 N–H and O–H groups in total. The van der Waals surface area contributed by atoms with Gasteiger partial charge in [-0.05, 0) is 39.5 Å². The van der Waals surface area contributed by atoms with Crippen LogP contribution in [0.3, 0.4) is 0 Å². The van der Waals surface area contributed by atoms with Crippen molar-refractivity contribution in [3.8, 4) is 0 Å². The minimum absolute atomic E-state index is 0.0455. The Morgan fingerprint density at radius 2 is 2.11 bits per heavy atom. The molecule has 1 aromatic rings. The van der Waals surface area contributed by atoms with Gasteiger partial charge >= 0.3 is 0 Å². The first-order valence-corrected chi connectivity index (χ1v) is 8.60. The summed E-state index contributed by atoms with van der Waals surface area (Å²) in [6.07, 6.45) is 2.25. The zero-order valence-electron chi connectivity index (χ0n) is 10.7. The smallest absolute Gasteiger partial charge is 0.229 e. The molecule has 0 unspecified atom stereocenters. The van der Waals surface area contributed by atoms with E-state index in [1.54, 1.807) is 11.2 Å². The van der Waals surface area contributed by atoms with Gasteiger partial charge in [0.2, 0.25) is 0 Å². The highest BCUT2D eigenvalue weighted by molar-refractivity contribution is 7.91. The van der Waals surface area contributed by atoms with E-state index < -0.39 is 10.0 Å². The van der Waals surface area contributed by atoms with Crippen molar-refractivity contribution in [2.45, 2.75) is 43.9 Å². The van der Waals surface area contributed by atoms with E-state index >= 15 is 0 Å². The molecule has 18 heavy (non-hydrogen) atoms. The number of aryl methyl sites for hydroxylation is 1. The number of rotatable bonds is 5. The lowest BCUT2D eigenvalue weighted by molar-refractivity contribution is 0.342. The van der Waals surface area contributed by atoms with E-state index in [0.717, 1.165) is 24.2 Å². The van der Waals surface area contributed by atoms with Crippen molar-refractivity contribution in [1.82, 2.24) is 9.29 Å². The number of aromatic nitrogens is 1. The molecule has 0 aromatic carbocycles. The molecule has 1 fully saturated rings. The molecule has 1 aromatic heterocycles. The number of hydrogen-bond acceptors (Lipinski definition) is 4. The minimum atomic E-state index is -3.46. The van der Waals surface area contributed by atoms with Crippen molar-refractivity contribution in [2.24, 2.45) is 5.92 Å². The quantitative estimate of drug-likeness (QED) is 0.840. The maximum atomic E-state index is 12.6. The summed E-state index contributed by atoms with van der Waals surface area (Å²) in [5.74, 6) is 0.519. The van der Waals surface area contributed by atoms with E-state index in [0.29, 0.717) is 18.2 Å². The standard InChI is InChI=1S/C11H17ClN2O2S2/c1-7(2)14(6-9-4-5-9)18(15,16)10-8(3)13-11(12)17-10/h7,9H,4-6H2,1-3H3. The fraction of sp³-hybridized carbons (Fsp3) is 0.727. The second-order valence-electron chi connectivity index (χ2n) is 4.95. The van der Waals surface area contributed by atoms with E-state index in [4.69, 9.17) is 11.6 Å². The monoisotopic (exact) mass is 308 g/mol. The highest BCUT2D eigenvalue weighted by Crippen LogP contribution is 2.35. The Hall–Kier alpha value is -0.170. The molecule has 0 aliphatic heterocycles. The normalized spacial score (nSPS) is 16.8. The van der Waals surface area contributed by atoms with E-state index in [9.17, 15) is 8.42 Å². The molecular weight excluding hydrogens is 292 g/mol. The van der Waals surface area contributed by atoms with Crippen molar-refractivity contribution in [2.75, 3.05) is 6.54 Å². The van der Waals surface area contributed by atoms with Gasteiger partial charge in [0.05, 0.1) is 5.69 Å². The van der Waals surface area contributed by atoms with E-state index in [1.165, 1.54) is 0 Å². The summed E-state index contributed by atoms with van der Waals surface area (Å²) in [5, 5.41) is 0. The Bertz CT molecular complexity index is 535. The molecule has 1 aliphatic carbocycles. The van der Waals surface area contributed by atoms with Gasteiger partial charge in [-0.3, -0.25) is 0 Å². The zero-order chi connectivity index (χ0) is 13.5. The van der Waals surface area contributed by atoms with Gasteiger partial charge in [0.25, 0.3) is 10.0 Å². The van der Waals surface area contributed by atoms with Crippen LogP contribution in [0.5, 0.6) is 0 Å². The van der Waals surface area contributed by atoms with Crippen molar-refractivity contribution in [3.63, 3.8) is 0 Å². The molecule has 0 amide bonds. The van der Waals surface area contributed by atoms with Crippen LogP contribution in [0.25, 0.3) is 0 Å². The fourth-order valence-electron chi connectivity index (χ4n) is 1.84. The lowest BCUT2D eigenvalue weighted by Crippen LogP contribution is -2.38. The minimum Gasteiger partial charge on any atom is -0.229 e. The maximum Gasteiger partial charge on any atom is 0.254 e. The first kappa shape index (κ1) is 14.2. The van der Waals surface area contributed by atoms with Gasteiger partial charge in [-0.2, -0.15) is 4.31 Å². The van der Waals surface area contributed by atoms with Crippen molar-refractivity contribution in [3.05, 3.63) is 10.2 Å². The molecule has 2 rings (SSSR count). The SMILES string of the molecule is Cc1nc(Cl)sc1S(=O)(=O)N(CC1CC1)C(C)C. The average molecular weight is 309 g/mol. The molecule has 0 atom stereocenters. The molecule has 102 valence electrons. The Balaban J connectivity index is 2.34. The third kappa shape index (κ3) is 2.87. The summed E-state index contributed by atoms with van der Waals surface area (Å²) in [6, 6.07) is -0.0455. The number of halogens is 1. The first-order valence-electron chi connectivity index (χ1n) is 5.97. The van der Waals surface area contributed by atoms with Gasteiger partial charge in [-0.15, -0.1) is 0 Å². The molecule has 7 heteroatoms. The summed E-state index contributed by atoms with van der Waals surface area (Å²) in [7, 11) is -3.46. The Morgan fingerprint density at radius 1 is 1.50 bits per heavy atom. The molecular formula is C11H17ClN2O2S2. The highest BCUT2D eigenvalue weighted by atomic mass is 35.5. The Kier molecular flexibility index (Phi) is 4.02. The summed E-state index contributed by atoms with van der Waals surface area (Å²) in [5.41, 5.74) is 0.492. The van der Waals surface area contributed by atoms with Crippen LogP contribution in [0.15, 0.2) is 4.21 Å². The Morgan fingerprint density at radius 3 is 2.50 bits per heavy atom. The van der Waals surface area contributed by atoms with Crippen LogP contribution in [0, 0.1) is 12.8 Å². The summed E-state index contributed by atoms with van der Waals surface area (Å²) in [6.45, 7) is 6.09. The second-order valence-corrected chi connectivity index (χ2v) is 8.62. The van der Waals surface area contributed by atoms with Gasteiger partial charge in [0, 0.05) is 12.6 Å². The van der Waals surface area contributed by atoms with Crippen LogP contribution in [0.1, 0.15) is 32.4 Å². The summed E-state index contributed by atoms with van der Waals surface area (Å²) >= 11 is 6.84. The fourth-order valence-corrected chi connectivity index (χ4v) is 5.40. The lowest BCUT2D eigenvalue weighted by atomic mass is 10.3.